The highest BCUT2D eigenvalue weighted by Crippen LogP contribution is 2.17. The van der Waals surface area contributed by atoms with Gasteiger partial charge in [-0.3, -0.25) is 9.59 Å². The molecular weight excluding hydrogens is 254 g/mol. The summed E-state index contributed by atoms with van der Waals surface area (Å²) < 4.78 is 0. The maximum Gasteiger partial charge on any atom is 0.221 e. The molecule has 2 amide bonds. The van der Waals surface area contributed by atoms with Crippen molar-refractivity contribution in [2.45, 2.75) is 32.1 Å². The molecule has 0 radical (unpaired) electrons. The molecule has 106 valence electrons. The van der Waals surface area contributed by atoms with Crippen LogP contribution in [0.5, 0.6) is 0 Å². The molecule has 0 spiro atoms. The van der Waals surface area contributed by atoms with Crippen LogP contribution in [0.1, 0.15) is 32.1 Å². The Balaban J connectivity index is 0.00000289. The third-order valence-electron chi connectivity index (χ3n) is 3.19. The second-order valence-corrected chi connectivity index (χ2v) is 4.51. The molecule has 0 aliphatic carbocycles. The van der Waals surface area contributed by atoms with Gasteiger partial charge in [0.1, 0.15) is 0 Å². The molecular formula is C12H24ClN3O2. The van der Waals surface area contributed by atoms with E-state index >= 15 is 0 Å². The third kappa shape index (κ3) is 7.50. The van der Waals surface area contributed by atoms with Crippen molar-refractivity contribution in [2.24, 2.45) is 5.92 Å². The Kier molecular flexibility index (Phi) is 9.69. The average molecular weight is 278 g/mol. The van der Waals surface area contributed by atoms with Gasteiger partial charge in [0.05, 0.1) is 0 Å². The molecule has 0 aromatic rings. The smallest absolute Gasteiger partial charge is 0.221 e. The first-order valence-electron chi connectivity index (χ1n) is 6.40. The molecule has 1 aliphatic rings. The fraction of sp³-hybridized carbons (Fsp3) is 0.833. The van der Waals surface area contributed by atoms with Crippen molar-refractivity contribution in [1.29, 1.82) is 0 Å². The number of piperidine rings is 1. The van der Waals surface area contributed by atoms with E-state index in [1.807, 2.05) is 0 Å². The second kappa shape index (κ2) is 10.1. The maximum atomic E-state index is 11.5. The van der Waals surface area contributed by atoms with Gasteiger partial charge in [-0.2, -0.15) is 0 Å². The molecule has 0 saturated carbocycles. The SMILES string of the molecule is CNC(=O)CCNC(=O)CCC1CCNCC1.Cl. The van der Waals surface area contributed by atoms with Gasteiger partial charge in [-0.05, 0) is 38.3 Å². The first kappa shape index (κ1) is 17.2. The third-order valence-corrected chi connectivity index (χ3v) is 3.19. The van der Waals surface area contributed by atoms with E-state index in [4.69, 9.17) is 0 Å². The van der Waals surface area contributed by atoms with E-state index in [9.17, 15) is 9.59 Å². The van der Waals surface area contributed by atoms with Crippen LogP contribution in [0.3, 0.4) is 0 Å². The molecule has 18 heavy (non-hydrogen) atoms. The molecule has 0 bridgehead atoms. The molecule has 1 fully saturated rings. The normalized spacial score (nSPS) is 15.6. The Hall–Kier alpha value is -0.810. The van der Waals surface area contributed by atoms with Gasteiger partial charge in [0.15, 0.2) is 0 Å². The first-order valence-corrected chi connectivity index (χ1v) is 6.40. The van der Waals surface area contributed by atoms with Crippen LogP contribution in [0.2, 0.25) is 0 Å². The monoisotopic (exact) mass is 277 g/mol. The number of nitrogens with one attached hydrogen (secondary N) is 3. The summed E-state index contributed by atoms with van der Waals surface area (Å²) in [4.78, 5) is 22.4. The molecule has 1 aliphatic heterocycles. The van der Waals surface area contributed by atoms with Crippen molar-refractivity contribution in [3.63, 3.8) is 0 Å². The quantitative estimate of drug-likeness (QED) is 0.660. The van der Waals surface area contributed by atoms with Gasteiger partial charge in [-0.25, -0.2) is 0 Å². The number of rotatable bonds is 6. The number of carbonyl (C=O) groups is 2. The number of carbonyl (C=O) groups excluding carboxylic acids is 2. The molecule has 0 aromatic heterocycles. The van der Waals surface area contributed by atoms with Crippen LogP contribution in [0.15, 0.2) is 0 Å². The summed E-state index contributed by atoms with van der Waals surface area (Å²) in [5.41, 5.74) is 0. The second-order valence-electron chi connectivity index (χ2n) is 4.51. The minimum atomic E-state index is -0.0383. The zero-order valence-corrected chi connectivity index (χ0v) is 11.8. The van der Waals surface area contributed by atoms with E-state index in [1.54, 1.807) is 7.05 Å². The van der Waals surface area contributed by atoms with E-state index in [-0.39, 0.29) is 24.2 Å². The molecule has 6 heteroatoms. The molecule has 3 N–H and O–H groups in total. The minimum Gasteiger partial charge on any atom is -0.359 e. The Morgan fingerprint density at radius 3 is 2.44 bits per heavy atom. The summed E-state index contributed by atoms with van der Waals surface area (Å²) >= 11 is 0. The summed E-state index contributed by atoms with van der Waals surface area (Å²) in [6, 6.07) is 0. The van der Waals surface area contributed by atoms with Crippen LogP contribution < -0.4 is 16.0 Å². The highest BCUT2D eigenvalue weighted by atomic mass is 35.5. The summed E-state index contributed by atoms with van der Waals surface area (Å²) in [7, 11) is 1.60. The number of hydrogen-bond acceptors (Lipinski definition) is 3. The van der Waals surface area contributed by atoms with Crippen LogP contribution in [-0.4, -0.2) is 38.5 Å². The van der Waals surface area contributed by atoms with Gasteiger partial charge < -0.3 is 16.0 Å². The lowest BCUT2D eigenvalue weighted by Gasteiger charge is -2.22. The van der Waals surface area contributed by atoms with Crippen LogP contribution in [0, 0.1) is 5.92 Å². The topological polar surface area (TPSA) is 70.2 Å². The predicted molar refractivity (Wildman–Crippen MR) is 73.8 cm³/mol. The van der Waals surface area contributed by atoms with E-state index in [0.717, 1.165) is 19.5 Å². The van der Waals surface area contributed by atoms with Crippen LogP contribution in [-0.2, 0) is 9.59 Å². The maximum absolute atomic E-state index is 11.5. The zero-order chi connectivity index (χ0) is 12.5. The Labute approximate surface area is 115 Å². The number of amides is 2. The van der Waals surface area contributed by atoms with Gasteiger partial charge in [-0.15, -0.1) is 12.4 Å². The Morgan fingerprint density at radius 2 is 1.83 bits per heavy atom. The minimum absolute atomic E-state index is 0. The van der Waals surface area contributed by atoms with Gasteiger partial charge in [-0.1, -0.05) is 0 Å². The summed E-state index contributed by atoms with van der Waals surface area (Å²) in [5, 5.41) is 8.61. The highest BCUT2D eigenvalue weighted by Gasteiger charge is 2.14. The zero-order valence-electron chi connectivity index (χ0n) is 11.0. The molecule has 5 nitrogen and oxygen atoms in total. The first-order chi connectivity index (χ1) is 8.22. The Morgan fingerprint density at radius 1 is 1.17 bits per heavy atom. The van der Waals surface area contributed by atoms with E-state index < -0.39 is 0 Å². The van der Waals surface area contributed by atoms with Gasteiger partial charge in [0, 0.05) is 26.4 Å². The largest absolute Gasteiger partial charge is 0.359 e. The number of halogens is 1. The van der Waals surface area contributed by atoms with Crippen molar-refractivity contribution in [3.8, 4) is 0 Å². The lowest BCUT2D eigenvalue weighted by molar-refractivity contribution is -0.122. The molecule has 1 heterocycles. The Bertz CT molecular complexity index is 256. The van der Waals surface area contributed by atoms with Crippen molar-refractivity contribution in [1.82, 2.24) is 16.0 Å². The van der Waals surface area contributed by atoms with Crippen LogP contribution >= 0.6 is 12.4 Å². The van der Waals surface area contributed by atoms with Crippen LogP contribution in [0.25, 0.3) is 0 Å². The average Bonchev–Trinajstić information content (AvgIpc) is 2.37. The lowest BCUT2D eigenvalue weighted by atomic mass is 9.93. The van der Waals surface area contributed by atoms with Crippen molar-refractivity contribution in [3.05, 3.63) is 0 Å². The molecule has 0 unspecified atom stereocenters. The van der Waals surface area contributed by atoms with Gasteiger partial charge in [0.25, 0.3) is 0 Å². The summed E-state index contributed by atoms with van der Waals surface area (Å²) in [6.07, 6.45) is 4.25. The van der Waals surface area contributed by atoms with Crippen molar-refractivity contribution < 1.29 is 9.59 Å². The van der Waals surface area contributed by atoms with Gasteiger partial charge in [0.2, 0.25) is 11.8 Å². The standard InChI is InChI=1S/C12H23N3O2.ClH/c1-13-11(16)6-9-15-12(17)3-2-10-4-7-14-8-5-10;/h10,14H,2-9H2,1H3,(H,13,16)(H,15,17);1H. The molecule has 0 aromatic carbocycles. The summed E-state index contributed by atoms with van der Waals surface area (Å²) in [6.45, 7) is 2.58. The molecule has 1 saturated heterocycles. The van der Waals surface area contributed by atoms with Crippen LogP contribution in [0.4, 0.5) is 0 Å². The van der Waals surface area contributed by atoms with E-state index in [0.29, 0.717) is 25.3 Å². The summed E-state index contributed by atoms with van der Waals surface area (Å²) in [5.74, 6) is 0.706. The number of hydrogen-bond donors (Lipinski definition) is 3. The van der Waals surface area contributed by atoms with Crippen molar-refractivity contribution in [2.75, 3.05) is 26.7 Å². The van der Waals surface area contributed by atoms with E-state index in [2.05, 4.69) is 16.0 Å². The van der Waals surface area contributed by atoms with Crippen molar-refractivity contribution >= 4 is 24.2 Å². The van der Waals surface area contributed by atoms with E-state index in [1.165, 1.54) is 12.8 Å². The highest BCUT2D eigenvalue weighted by molar-refractivity contribution is 5.85. The molecule has 0 atom stereocenters. The predicted octanol–water partition coefficient (Wildman–Crippen LogP) is 0.440. The van der Waals surface area contributed by atoms with Gasteiger partial charge >= 0.3 is 0 Å². The molecule has 1 rings (SSSR count). The lowest BCUT2D eigenvalue weighted by Crippen LogP contribution is -2.31. The fourth-order valence-corrected chi connectivity index (χ4v) is 2.03. The fourth-order valence-electron chi connectivity index (χ4n) is 2.03.